The number of hydrogen-bond donors (Lipinski definition) is 2. The molecule has 0 aliphatic heterocycles. The van der Waals surface area contributed by atoms with Gasteiger partial charge in [0.05, 0.1) is 12.3 Å². The van der Waals surface area contributed by atoms with Crippen LogP contribution in [-0.4, -0.2) is 29.3 Å². The minimum atomic E-state index is 0.152. The maximum Gasteiger partial charge on any atom is 0.142 e. The highest BCUT2D eigenvalue weighted by molar-refractivity contribution is 5.29. The lowest BCUT2D eigenvalue weighted by atomic mass is 10.2. The summed E-state index contributed by atoms with van der Waals surface area (Å²) in [7, 11) is 0. The number of ether oxygens (including phenoxy) is 1. The third kappa shape index (κ3) is 5.15. The predicted molar refractivity (Wildman–Crippen MR) is 68.1 cm³/mol. The lowest BCUT2D eigenvalue weighted by Crippen LogP contribution is -2.23. The fourth-order valence-electron chi connectivity index (χ4n) is 1.40. The zero-order chi connectivity index (χ0) is 12.7. The van der Waals surface area contributed by atoms with Gasteiger partial charge in [-0.3, -0.25) is 4.98 Å². The molecule has 0 unspecified atom stereocenters. The van der Waals surface area contributed by atoms with Crippen molar-refractivity contribution in [2.45, 2.75) is 39.8 Å². The Labute approximate surface area is 103 Å². The number of nitrogens with zero attached hydrogens (tertiary/aromatic N) is 1. The van der Waals surface area contributed by atoms with Crippen molar-refractivity contribution in [3.8, 4) is 5.75 Å². The summed E-state index contributed by atoms with van der Waals surface area (Å²) in [5, 5.41) is 12.1. The number of aliphatic hydroxyl groups excluding tert-OH is 1. The number of aromatic nitrogens is 1. The molecule has 2 N–H and O–H groups in total. The van der Waals surface area contributed by atoms with E-state index in [0.717, 1.165) is 17.1 Å². The second kappa shape index (κ2) is 7.25. The Kier molecular flexibility index (Phi) is 5.94. The van der Waals surface area contributed by atoms with Crippen LogP contribution >= 0.6 is 0 Å². The largest absolute Gasteiger partial charge is 0.492 e. The number of hydrogen-bond acceptors (Lipinski definition) is 4. The summed E-state index contributed by atoms with van der Waals surface area (Å²) in [5.41, 5.74) is 1.91. The van der Waals surface area contributed by atoms with Gasteiger partial charge in [-0.2, -0.15) is 0 Å². The molecule has 1 rings (SSSR count). The van der Waals surface area contributed by atoms with Gasteiger partial charge in [-0.1, -0.05) is 13.8 Å². The smallest absolute Gasteiger partial charge is 0.142 e. The van der Waals surface area contributed by atoms with E-state index in [1.165, 1.54) is 0 Å². The molecule has 0 aliphatic carbocycles. The SMILES string of the molecule is Cc1ccc(OCCCO)c(CNC(C)C)n1. The summed E-state index contributed by atoms with van der Waals surface area (Å²) in [6.07, 6.45) is 0.644. The van der Waals surface area contributed by atoms with Crippen LogP contribution in [0.25, 0.3) is 0 Å². The van der Waals surface area contributed by atoms with E-state index in [1.807, 2.05) is 19.1 Å². The van der Waals surface area contributed by atoms with Gasteiger partial charge in [0.25, 0.3) is 0 Å². The molecule has 0 atom stereocenters. The molecule has 0 bridgehead atoms. The molecular formula is C13H22N2O2. The minimum Gasteiger partial charge on any atom is -0.492 e. The first-order chi connectivity index (χ1) is 8.13. The molecule has 1 aromatic heterocycles. The van der Waals surface area contributed by atoms with Crippen LogP contribution in [0.2, 0.25) is 0 Å². The van der Waals surface area contributed by atoms with Crippen molar-refractivity contribution in [2.24, 2.45) is 0 Å². The fraction of sp³-hybridized carbons (Fsp3) is 0.615. The van der Waals surface area contributed by atoms with Crippen molar-refractivity contribution >= 4 is 0 Å². The molecule has 0 aromatic carbocycles. The molecular weight excluding hydrogens is 216 g/mol. The molecule has 4 nitrogen and oxygen atoms in total. The Morgan fingerprint density at radius 3 is 2.82 bits per heavy atom. The van der Waals surface area contributed by atoms with E-state index in [9.17, 15) is 0 Å². The normalized spacial score (nSPS) is 10.9. The molecule has 0 spiro atoms. The fourth-order valence-corrected chi connectivity index (χ4v) is 1.40. The Bertz CT molecular complexity index is 340. The molecule has 0 aliphatic rings. The van der Waals surface area contributed by atoms with Gasteiger partial charge in [-0.25, -0.2) is 0 Å². The Hall–Kier alpha value is -1.13. The number of rotatable bonds is 7. The minimum absolute atomic E-state index is 0.152. The Morgan fingerprint density at radius 1 is 1.41 bits per heavy atom. The summed E-state index contributed by atoms with van der Waals surface area (Å²) < 4.78 is 5.60. The van der Waals surface area contributed by atoms with Crippen molar-refractivity contribution in [1.82, 2.24) is 10.3 Å². The zero-order valence-corrected chi connectivity index (χ0v) is 10.9. The molecule has 0 fully saturated rings. The third-order valence-corrected chi connectivity index (χ3v) is 2.31. The predicted octanol–water partition coefficient (Wildman–Crippen LogP) is 1.65. The average molecular weight is 238 g/mol. The molecule has 4 heteroatoms. The molecule has 1 heterocycles. The molecule has 0 saturated heterocycles. The van der Waals surface area contributed by atoms with Crippen LogP contribution in [0.15, 0.2) is 12.1 Å². The Morgan fingerprint density at radius 2 is 2.18 bits per heavy atom. The van der Waals surface area contributed by atoms with Crippen molar-refractivity contribution in [3.63, 3.8) is 0 Å². The van der Waals surface area contributed by atoms with Crippen LogP contribution in [-0.2, 0) is 6.54 Å². The summed E-state index contributed by atoms with van der Waals surface area (Å²) in [5.74, 6) is 0.803. The van der Waals surface area contributed by atoms with E-state index >= 15 is 0 Å². The van der Waals surface area contributed by atoms with Gasteiger partial charge in [0, 0.05) is 31.3 Å². The van der Waals surface area contributed by atoms with Gasteiger partial charge < -0.3 is 15.2 Å². The van der Waals surface area contributed by atoms with E-state index in [1.54, 1.807) is 0 Å². The first-order valence-electron chi connectivity index (χ1n) is 6.07. The van der Waals surface area contributed by atoms with E-state index < -0.39 is 0 Å². The van der Waals surface area contributed by atoms with E-state index in [2.05, 4.69) is 24.1 Å². The van der Waals surface area contributed by atoms with Crippen LogP contribution < -0.4 is 10.1 Å². The monoisotopic (exact) mass is 238 g/mol. The second-order valence-corrected chi connectivity index (χ2v) is 4.36. The zero-order valence-electron chi connectivity index (χ0n) is 10.9. The van der Waals surface area contributed by atoms with E-state index in [-0.39, 0.29) is 6.61 Å². The molecule has 0 amide bonds. The summed E-state index contributed by atoms with van der Waals surface area (Å²) in [6, 6.07) is 4.30. The van der Waals surface area contributed by atoms with Gasteiger partial charge >= 0.3 is 0 Å². The third-order valence-electron chi connectivity index (χ3n) is 2.31. The summed E-state index contributed by atoms with van der Waals surface area (Å²) in [4.78, 5) is 4.47. The quantitative estimate of drug-likeness (QED) is 0.709. The van der Waals surface area contributed by atoms with Gasteiger partial charge in [0.1, 0.15) is 5.75 Å². The summed E-state index contributed by atoms with van der Waals surface area (Å²) in [6.45, 7) is 7.54. The highest BCUT2D eigenvalue weighted by Gasteiger charge is 2.06. The van der Waals surface area contributed by atoms with Gasteiger partial charge in [0.2, 0.25) is 0 Å². The van der Waals surface area contributed by atoms with Crippen molar-refractivity contribution in [2.75, 3.05) is 13.2 Å². The first-order valence-corrected chi connectivity index (χ1v) is 6.07. The van der Waals surface area contributed by atoms with Gasteiger partial charge in [-0.15, -0.1) is 0 Å². The van der Waals surface area contributed by atoms with Crippen LogP contribution in [0.5, 0.6) is 5.75 Å². The van der Waals surface area contributed by atoms with Crippen LogP contribution in [0.4, 0.5) is 0 Å². The highest BCUT2D eigenvalue weighted by Crippen LogP contribution is 2.17. The lowest BCUT2D eigenvalue weighted by molar-refractivity contribution is 0.231. The average Bonchev–Trinajstić information content (AvgIpc) is 2.29. The standard InChI is InChI=1S/C13H22N2O2/c1-10(2)14-9-12-13(17-8-4-7-16)6-5-11(3)15-12/h5-6,10,14,16H,4,7-9H2,1-3H3. The number of aliphatic hydroxyl groups is 1. The van der Waals surface area contributed by atoms with Crippen LogP contribution in [0.3, 0.4) is 0 Å². The van der Waals surface area contributed by atoms with Gasteiger partial charge in [-0.05, 0) is 19.1 Å². The van der Waals surface area contributed by atoms with E-state index in [0.29, 0.717) is 25.6 Å². The van der Waals surface area contributed by atoms with Crippen LogP contribution in [0.1, 0.15) is 31.7 Å². The topological polar surface area (TPSA) is 54.4 Å². The van der Waals surface area contributed by atoms with Gasteiger partial charge in [0.15, 0.2) is 0 Å². The number of aryl methyl sites for hydroxylation is 1. The van der Waals surface area contributed by atoms with E-state index in [4.69, 9.17) is 9.84 Å². The molecule has 96 valence electrons. The number of nitrogens with one attached hydrogen (secondary N) is 1. The van der Waals surface area contributed by atoms with Crippen molar-refractivity contribution in [1.29, 1.82) is 0 Å². The van der Waals surface area contributed by atoms with Crippen molar-refractivity contribution < 1.29 is 9.84 Å². The maximum absolute atomic E-state index is 8.73. The molecule has 0 saturated carbocycles. The second-order valence-electron chi connectivity index (χ2n) is 4.36. The van der Waals surface area contributed by atoms with Crippen molar-refractivity contribution in [3.05, 3.63) is 23.5 Å². The molecule has 17 heavy (non-hydrogen) atoms. The molecule has 0 radical (unpaired) electrons. The van der Waals surface area contributed by atoms with Crippen LogP contribution in [0, 0.1) is 6.92 Å². The number of pyridine rings is 1. The Balaban J connectivity index is 2.66. The summed E-state index contributed by atoms with van der Waals surface area (Å²) >= 11 is 0. The molecule has 1 aromatic rings. The highest BCUT2D eigenvalue weighted by atomic mass is 16.5. The lowest BCUT2D eigenvalue weighted by Gasteiger charge is -2.13. The first kappa shape index (κ1) is 13.9. The maximum atomic E-state index is 8.73.